The Kier molecular flexibility index (Phi) is 5.06. The van der Waals surface area contributed by atoms with Crippen LogP contribution in [0.15, 0.2) is 30.3 Å². The standard InChI is InChI=1S/C14H21NOS/c1-5-17-13(16)15(14(2,3)4)11-12-9-7-6-8-10-12/h6-10H,5,11H2,1-4H3. The van der Waals surface area contributed by atoms with Crippen molar-refractivity contribution in [2.24, 2.45) is 0 Å². The molecule has 0 N–H and O–H groups in total. The van der Waals surface area contributed by atoms with E-state index in [0.717, 1.165) is 5.75 Å². The number of benzene rings is 1. The second-order valence-corrected chi connectivity index (χ2v) is 6.16. The average Bonchev–Trinajstić information content (AvgIpc) is 2.26. The molecule has 0 aliphatic carbocycles. The molecule has 1 aromatic rings. The van der Waals surface area contributed by atoms with Crippen LogP contribution in [0.4, 0.5) is 4.79 Å². The predicted molar refractivity (Wildman–Crippen MR) is 75.3 cm³/mol. The van der Waals surface area contributed by atoms with Gasteiger partial charge in [0.15, 0.2) is 0 Å². The van der Waals surface area contributed by atoms with Crippen LogP contribution in [0.5, 0.6) is 0 Å². The topological polar surface area (TPSA) is 20.3 Å². The highest BCUT2D eigenvalue weighted by Gasteiger charge is 2.26. The fourth-order valence-electron chi connectivity index (χ4n) is 1.54. The van der Waals surface area contributed by atoms with E-state index in [9.17, 15) is 4.79 Å². The number of carbonyl (C=O) groups is 1. The zero-order valence-electron chi connectivity index (χ0n) is 11.1. The Morgan fingerprint density at radius 3 is 2.29 bits per heavy atom. The lowest BCUT2D eigenvalue weighted by Gasteiger charge is -2.35. The van der Waals surface area contributed by atoms with Crippen molar-refractivity contribution in [1.29, 1.82) is 0 Å². The molecule has 94 valence electrons. The van der Waals surface area contributed by atoms with Crippen LogP contribution in [0.2, 0.25) is 0 Å². The molecule has 0 spiro atoms. The lowest BCUT2D eigenvalue weighted by molar-refractivity contribution is 0.162. The fraction of sp³-hybridized carbons (Fsp3) is 0.500. The van der Waals surface area contributed by atoms with Gasteiger partial charge in [-0.25, -0.2) is 0 Å². The fourth-order valence-corrected chi connectivity index (χ4v) is 2.28. The molecular weight excluding hydrogens is 230 g/mol. The average molecular weight is 251 g/mol. The van der Waals surface area contributed by atoms with Crippen LogP contribution in [0.25, 0.3) is 0 Å². The van der Waals surface area contributed by atoms with Crippen LogP contribution < -0.4 is 0 Å². The molecule has 0 bridgehead atoms. The maximum atomic E-state index is 12.1. The number of amides is 1. The number of hydrogen-bond donors (Lipinski definition) is 0. The number of carbonyl (C=O) groups excluding carboxylic acids is 1. The highest BCUT2D eigenvalue weighted by Crippen LogP contribution is 2.22. The summed E-state index contributed by atoms with van der Waals surface area (Å²) in [4.78, 5) is 14.0. The maximum absolute atomic E-state index is 12.1. The highest BCUT2D eigenvalue weighted by atomic mass is 32.2. The Labute approximate surface area is 108 Å². The Morgan fingerprint density at radius 2 is 1.82 bits per heavy atom. The summed E-state index contributed by atoms with van der Waals surface area (Å²) in [5.74, 6) is 0.820. The van der Waals surface area contributed by atoms with Crippen molar-refractivity contribution in [3.63, 3.8) is 0 Å². The Balaban J connectivity index is 2.82. The van der Waals surface area contributed by atoms with E-state index in [0.29, 0.717) is 6.54 Å². The summed E-state index contributed by atoms with van der Waals surface area (Å²) < 4.78 is 0. The molecule has 1 rings (SSSR count). The second-order valence-electron chi connectivity index (χ2n) is 4.94. The molecule has 17 heavy (non-hydrogen) atoms. The van der Waals surface area contributed by atoms with E-state index >= 15 is 0 Å². The van der Waals surface area contributed by atoms with E-state index in [2.05, 4.69) is 32.9 Å². The molecule has 0 fully saturated rings. The van der Waals surface area contributed by atoms with Gasteiger partial charge in [-0.15, -0.1) is 0 Å². The lowest BCUT2D eigenvalue weighted by atomic mass is 10.1. The van der Waals surface area contributed by atoms with Crippen molar-refractivity contribution in [3.8, 4) is 0 Å². The van der Waals surface area contributed by atoms with Crippen LogP contribution >= 0.6 is 11.8 Å². The monoisotopic (exact) mass is 251 g/mol. The first-order valence-corrected chi connectivity index (χ1v) is 6.92. The Hall–Kier alpha value is -0.960. The van der Waals surface area contributed by atoms with Gasteiger partial charge in [0.25, 0.3) is 5.24 Å². The lowest BCUT2D eigenvalue weighted by Crippen LogP contribution is -2.43. The van der Waals surface area contributed by atoms with Gasteiger partial charge >= 0.3 is 0 Å². The summed E-state index contributed by atoms with van der Waals surface area (Å²) in [6.07, 6.45) is 0. The van der Waals surface area contributed by atoms with Crippen molar-refractivity contribution in [2.45, 2.75) is 39.8 Å². The minimum atomic E-state index is -0.144. The molecule has 0 heterocycles. The molecule has 3 heteroatoms. The molecular formula is C14H21NOS. The predicted octanol–water partition coefficient (Wildman–Crippen LogP) is 4.16. The molecule has 0 aromatic heterocycles. The van der Waals surface area contributed by atoms with Crippen LogP contribution in [0, 0.1) is 0 Å². The van der Waals surface area contributed by atoms with Crippen molar-refractivity contribution in [1.82, 2.24) is 4.90 Å². The summed E-state index contributed by atoms with van der Waals surface area (Å²) in [6, 6.07) is 10.1. The van der Waals surface area contributed by atoms with E-state index in [1.54, 1.807) is 0 Å². The van der Waals surface area contributed by atoms with Crippen molar-refractivity contribution in [2.75, 3.05) is 5.75 Å². The summed E-state index contributed by atoms with van der Waals surface area (Å²) >= 11 is 1.37. The van der Waals surface area contributed by atoms with Gasteiger partial charge in [0.05, 0.1) is 0 Å². The van der Waals surface area contributed by atoms with Crippen LogP contribution in [-0.2, 0) is 6.54 Å². The molecule has 0 radical (unpaired) electrons. The van der Waals surface area contributed by atoms with Gasteiger partial charge in [0, 0.05) is 12.1 Å². The molecule has 0 unspecified atom stereocenters. The summed E-state index contributed by atoms with van der Waals surface area (Å²) in [5, 5.41) is 0.156. The molecule has 2 nitrogen and oxygen atoms in total. The van der Waals surface area contributed by atoms with E-state index in [4.69, 9.17) is 0 Å². The van der Waals surface area contributed by atoms with Gasteiger partial charge in [0.1, 0.15) is 0 Å². The van der Waals surface area contributed by atoms with E-state index < -0.39 is 0 Å². The SMILES string of the molecule is CCSC(=O)N(Cc1ccccc1)C(C)(C)C. The van der Waals surface area contributed by atoms with Crippen LogP contribution in [0.1, 0.15) is 33.3 Å². The largest absolute Gasteiger partial charge is 0.324 e. The van der Waals surface area contributed by atoms with Crippen LogP contribution in [-0.4, -0.2) is 21.4 Å². The Morgan fingerprint density at radius 1 is 1.24 bits per heavy atom. The first kappa shape index (κ1) is 14.1. The van der Waals surface area contributed by atoms with Gasteiger partial charge < -0.3 is 4.90 Å². The number of thioether (sulfide) groups is 1. The third kappa shape index (κ3) is 4.43. The molecule has 0 saturated carbocycles. The van der Waals surface area contributed by atoms with Gasteiger partial charge in [-0.3, -0.25) is 4.79 Å². The Bertz CT molecular complexity index is 356. The van der Waals surface area contributed by atoms with Crippen molar-refractivity contribution in [3.05, 3.63) is 35.9 Å². The van der Waals surface area contributed by atoms with Crippen LogP contribution in [0.3, 0.4) is 0 Å². The normalized spacial score (nSPS) is 11.3. The molecule has 1 amide bonds. The minimum Gasteiger partial charge on any atom is -0.324 e. The third-order valence-corrected chi connectivity index (χ3v) is 3.24. The summed E-state index contributed by atoms with van der Waals surface area (Å²) in [6.45, 7) is 8.90. The quantitative estimate of drug-likeness (QED) is 0.804. The second kappa shape index (κ2) is 6.10. The molecule has 0 aliphatic heterocycles. The number of hydrogen-bond acceptors (Lipinski definition) is 2. The molecule has 0 saturated heterocycles. The van der Waals surface area contributed by atoms with Gasteiger partial charge in [-0.1, -0.05) is 49.0 Å². The number of nitrogens with zero attached hydrogens (tertiary/aromatic N) is 1. The maximum Gasteiger partial charge on any atom is 0.282 e. The highest BCUT2D eigenvalue weighted by molar-refractivity contribution is 8.13. The molecule has 1 aromatic carbocycles. The minimum absolute atomic E-state index is 0.144. The first-order valence-electron chi connectivity index (χ1n) is 5.93. The molecule has 0 aliphatic rings. The smallest absolute Gasteiger partial charge is 0.282 e. The summed E-state index contributed by atoms with van der Waals surface area (Å²) in [7, 11) is 0. The van der Waals surface area contributed by atoms with E-state index in [1.807, 2.05) is 30.0 Å². The van der Waals surface area contributed by atoms with Gasteiger partial charge in [0.2, 0.25) is 0 Å². The zero-order chi connectivity index (χ0) is 12.9. The van der Waals surface area contributed by atoms with E-state index in [-0.39, 0.29) is 10.8 Å². The molecule has 0 atom stereocenters. The third-order valence-electron chi connectivity index (χ3n) is 2.48. The van der Waals surface area contributed by atoms with Crippen molar-refractivity contribution >= 4 is 17.0 Å². The van der Waals surface area contributed by atoms with Gasteiger partial charge in [-0.2, -0.15) is 0 Å². The van der Waals surface area contributed by atoms with E-state index in [1.165, 1.54) is 17.3 Å². The van der Waals surface area contributed by atoms with Crippen molar-refractivity contribution < 1.29 is 4.79 Å². The van der Waals surface area contributed by atoms with Gasteiger partial charge in [-0.05, 0) is 32.1 Å². The first-order chi connectivity index (χ1) is 7.95. The zero-order valence-corrected chi connectivity index (χ0v) is 11.9. The number of rotatable bonds is 3. The summed E-state index contributed by atoms with van der Waals surface area (Å²) in [5.41, 5.74) is 1.03.